The molecular formula is C15H15FN4O. The van der Waals surface area contributed by atoms with Gasteiger partial charge in [0.1, 0.15) is 5.52 Å². The number of nitrogens with two attached hydrogens (primary N) is 1. The van der Waals surface area contributed by atoms with Crippen LogP contribution in [0.3, 0.4) is 0 Å². The maximum absolute atomic E-state index is 13.8. The number of fused-ring (bicyclic) bond motifs is 1. The lowest BCUT2D eigenvalue weighted by Gasteiger charge is -2.07. The van der Waals surface area contributed by atoms with Crippen LogP contribution < -0.4 is 10.5 Å². The van der Waals surface area contributed by atoms with Crippen molar-refractivity contribution in [2.24, 2.45) is 0 Å². The van der Waals surface area contributed by atoms with Crippen LogP contribution in [0.1, 0.15) is 25.5 Å². The molecule has 2 aromatic heterocycles. The molecule has 0 aliphatic rings. The predicted octanol–water partition coefficient (Wildman–Crippen LogP) is 3.37. The molecule has 3 aromatic rings. The highest BCUT2D eigenvalue weighted by Gasteiger charge is 2.13. The number of hydrogen-bond acceptors (Lipinski definition) is 4. The molecule has 3 rings (SSSR count). The third-order valence-corrected chi connectivity index (χ3v) is 3.13. The lowest BCUT2D eigenvalue weighted by molar-refractivity contribution is 0.430. The van der Waals surface area contributed by atoms with Gasteiger partial charge in [-0.1, -0.05) is 13.8 Å². The second-order valence-electron chi connectivity index (χ2n) is 5.08. The molecule has 0 aliphatic carbocycles. The smallest absolute Gasteiger partial charge is 0.245 e. The van der Waals surface area contributed by atoms with E-state index in [4.69, 9.17) is 10.5 Å². The van der Waals surface area contributed by atoms with Crippen LogP contribution in [0, 0.1) is 5.82 Å². The fourth-order valence-electron chi connectivity index (χ4n) is 1.98. The molecule has 6 heteroatoms. The number of anilines is 1. The van der Waals surface area contributed by atoms with E-state index in [0.717, 1.165) is 5.69 Å². The Morgan fingerprint density at radius 2 is 2.10 bits per heavy atom. The average molecular weight is 286 g/mol. The molecule has 21 heavy (non-hydrogen) atoms. The zero-order valence-electron chi connectivity index (χ0n) is 11.7. The third-order valence-electron chi connectivity index (χ3n) is 3.13. The minimum Gasteiger partial charge on any atom is -0.434 e. The van der Waals surface area contributed by atoms with Gasteiger partial charge in [0.05, 0.1) is 5.69 Å². The Kier molecular flexibility index (Phi) is 3.21. The van der Waals surface area contributed by atoms with E-state index in [-0.39, 0.29) is 11.7 Å². The summed E-state index contributed by atoms with van der Waals surface area (Å²) in [5.41, 5.74) is 7.48. The van der Waals surface area contributed by atoms with Gasteiger partial charge in [0.25, 0.3) is 0 Å². The van der Waals surface area contributed by atoms with Crippen LogP contribution in [0.5, 0.6) is 11.6 Å². The standard InChI is InChI=1S/C15H15FN4O/c1-9(2)12-8-13-15(18-5-6-20(13)19-12)21-14-4-3-10(17)7-11(14)16/h3-9H,17H2,1-2H3. The summed E-state index contributed by atoms with van der Waals surface area (Å²) in [6.07, 6.45) is 3.29. The minimum atomic E-state index is -0.526. The summed E-state index contributed by atoms with van der Waals surface area (Å²) in [7, 11) is 0. The first kappa shape index (κ1) is 13.4. The summed E-state index contributed by atoms with van der Waals surface area (Å²) in [6, 6.07) is 6.16. The normalized spacial score (nSPS) is 11.2. The van der Waals surface area contributed by atoms with Gasteiger partial charge < -0.3 is 10.5 Å². The second kappa shape index (κ2) is 5.05. The van der Waals surface area contributed by atoms with E-state index in [1.807, 2.05) is 6.07 Å². The number of ether oxygens (including phenoxy) is 1. The lowest BCUT2D eigenvalue weighted by atomic mass is 10.1. The molecule has 0 atom stereocenters. The topological polar surface area (TPSA) is 65.4 Å². The highest BCUT2D eigenvalue weighted by molar-refractivity contribution is 5.58. The predicted molar refractivity (Wildman–Crippen MR) is 78.0 cm³/mol. The second-order valence-corrected chi connectivity index (χ2v) is 5.08. The van der Waals surface area contributed by atoms with Gasteiger partial charge in [0.15, 0.2) is 11.6 Å². The maximum Gasteiger partial charge on any atom is 0.245 e. The molecule has 2 N–H and O–H groups in total. The van der Waals surface area contributed by atoms with Crippen LogP contribution in [0.15, 0.2) is 36.7 Å². The first-order valence-corrected chi connectivity index (χ1v) is 6.62. The zero-order valence-corrected chi connectivity index (χ0v) is 11.7. The Labute approximate surface area is 121 Å². The van der Waals surface area contributed by atoms with Crippen LogP contribution in [0.2, 0.25) is 0 Å². The average Bonchev–Trinajstić information content (AvgIpc) is 2.87. The number of nitrogen functional groups attached to an aromatic ring is 1. The van der Waals surface area contributed by atoms with E-state index in [0.29, 0.717) is 17.1 Å². The zero-order chi connectivity index (χ0) is 15.0. The molecule has 0 saturated carbocycles. The number of benzene rings is 1. The molecule has 5 nitrogen and oxygen atoms in total. The Bertz CT molecular complexity index is 797. The quantitative estimate of drug-likeness (QED) is 0.750. The Morgan fingerprint density at radius 3 is 2.81 bits per heavy atom. The lowest BCUT2D eigenvalue weighted by Crippen LogP contribution is -1.96. The van der Waals surface area contributed by atoms with Gasteiger partial charge in [-0.15, -0.1) is 0 Å². The van der Waals surface area contributed by atoms with E-state index in [1.54, 1.807) is 23.0 Å². The minimum absolute atomic E-state index is 0.0806. The van der Waals surface area contributed by atoms with Gasteiger partial charge in [-0.3, -0.25) is 0 Å². The van der Waals surface area contributed by atoms with Gasteiger partial charge in [0.2, 0.25) is 5.88 Å². The molecule has 0 unspecified atom stereocenters. The Balaban J connectivity index is 2.04. The number of nitrogens with zero attached hydrogens (tertiary/aromatic N) is 3. The molecule has 0 bridgehead atoms. The van der Waals surface area contributed by atoms with Crippen molar-refractivity contribution in [3.8, 4) is 11.6 Å². The largest absolute Gasteiger partial charge is 0.434 e. The molecule has 0 spiro atoms. The molecule has 0 amide bonds. The van der Waals surface area contributed by atoms with Crippen molar-refractivity contribution in [2.45, 2.75) is 19.8 Å². The highest BCUT2D eigenvalue weighted by Crippen LogP contribution is 2.28. The van der Waals surface area contributed by atoms with E-state index in [2.05, 4.69) is 23.9 Å². The monoisotopic (exact) mass is 286 g/mol. The summed E-state index contributed by atoms with van der Waals surface area (Å²) in [6.45, 7) is 4.10. The molecule has 2 heterocycles. The van der Waals surface area contributed by atoms with E-state index in [9.17, 15) is 4.39 Å². The first-order valence-electron chi connectivity index (χ1n) is 6.62. The third kappa shape index (κ3) is 2.52. The number of halogens is 1. The van der Waals surface area contributed by atoms with Gasteiger partial charge in [-0.25, -0.2) is 13.9 Å². The van der Waals surface area contributed by atoms with Crippen molar-refractivity contribution >= 4 is 11.2 Å². The summed E-state index contributed by atoms with van der Waals surface area (Å²) in [4.78, 5) is 4.16. The summed E-state index contributed by atoms with van der Waals surface area (Å²) in [5.74, 6) is 0.145. The van der Waals surface area contributed by atoms with Crippen LogP contribution in [-0.4, -0.2) is 14.6 Å². The summed E-state index contributed by atoms with van der Waals surface area (Å²) < 4.78 is 21.1. The van der Waals surface area contributed by atoms with Crippen molar-refractivity contribution in [1.82, 2.24) is 14.6 Å². The molecular weight excluding hydrogens is 271 g/mol. The van der Waals surface area contributed by atoms with Crippen molar-refractivity contribution < 1.29 is 9.13 Å². The summed E-state index contributed by atoms with van der Waals surface area (Å²) >= 11 is 0. The Morgan fingerprint density at radius 1 is 1.29 bits per heavy atom. The number of aromatic nitrogens is 3. The summed E-state index contributed by atoms with van der Waals surface area (Å²) in [5, 5.41) is 4.43. The van der Waals surface area contributed by atoms with Crippen molar-refractivity contribution in [1.29, 1.82) is 0 Å². The molecule has 0 fully saturated rings. The van der Waals surface area contributed by atoms with Gasteiger partial charge in [0, 0.05) is 24.1 Å². The van der Waals surface area contributed by atoms with Crippen molar-refractivity contribution in [3.63, 3.8) is 0 Å². The molecule has 0 radical (unpaired) electrons. The number of rotatable bonds is 3. The SMILES string of the molecule is CC(C)c1cc2c(Oc3ccc(N)cc3F)nccn2n1. The highest BCUT2D eigenvalue weighted by atomic mass is 19.1. The van der Waals surface area contributed by atoms with E-state index < -0.39 is 5.82 Å². The van der Waals surface area contributed by atoms with E-state index >= 15 is 0 Å². The molecule has 0 saturated heterocycles. The van der Waals surface area contributed by atoms with E-state index in [1.165, 1.54) is 12.1 Å². The van der Waals surface area contributed by atoms with Crippen LogP contribution in [0.25, 0.3) is 5.52 Å². The molecule has 0 aliphatic heterocycles. The van der Waals surface area contributed by atoms with Gasteiger partial charge in [-0.05, 0) is 24.1 Å². The Hall–Kier alpha value is -2.63. The van der Waals surface area contributed by atoms with Crippen LogP contribution >= 0.6 is 0 Å². The fraction of sp³-hybridized carbons (Fsp3) is 0.200. The van der Waals surface area contributed by atoms with Gasteiger partial charge in [-0.2, -0.15) is 5.10 Å². The maximum atomic E-state index is 13.8. The molecule has 108 valence electrons. The van der Waals surface area contributed by atoms with Crippen LogP contribution in [0.4, 0.5) is 10.1 Å². The first-order chi connectivity index (χ1) is 10.0. The van der Waals surface area contributed by atoms with Crippen LogP contribution in [-0.2, 0) is 0 Å². The fourth-order valence-corrected chi connectivity index (χ4v) is 1.98. The van der Waals surface area contributed by atoms with Gasteiger partial charge >= 0.3 is 0 Å². The van der Waals surface area contributed by atoms with Crippen molar-refractivity contribution in [3.05, 3.63) is 48.2 Å². The van der Waals surface area contributed by atoms with Crippen molar-refractivity contribution in [2.75, 3.05) is 5.73 Å². The number of hydrogen-bond donors (Lipinski definition) is 1. The molecule has 1 aromatic carbocycles.